The van der Waals surface area contributed by atoms with Crippen LogP contribution in [0.3, 0.4) is 0 Å². The summed E-state index contributed by atoms with van der Waals surface area (Å²) in [7, 11) is 0. The Morgan fingerprint density at radius 1 is 1.62 bits per heavy atom. The fourth-order valence-electron chi connectivity index (χ4n) is 0.584. The molecule has 0 saturated carbocycles. The summed E-state index contributed by atoms with van der Waals surface area (Å²) < 4.78 is 0. The van der Waals surface area contributed by atoms with Crippen LogP contribution >= 0.6 is 0 Å². The van der Waals surface area contributed by atoms with Crippen LogP contribution < -0.4 is 0 Å². The van der Waals surface area contributed by atoms with Crippen LogP contribution in [-0.4, -0.2) is 11.7 Å². The van der Waals surface area contributed by atoms with E-state index in [0.717, 1.165) is 19.3 Å². The lowest BCUT2D eigenvalue weighted by Gasteiger charge is -2.03. The molecular formula is C7H15O. The van der Waals surface area contributed by atoms with Gasteiger partial charge < -0.3 is 5.11 Å². The Hall–Kier alpha value is -0.0400. The zero-order chi connectivity index (χ0) is 6.41. The highest BCUT2D eigenvalue weighted by Gasteiger charge is 1.95. The van der Waals surface area contributed by atoms with Gasteiger partial charge in [-0.05, 0) is 12.3 Å². The number of unbranched alkanes of at least 4 members (excludes halogenated alkanes) is 1. The second-order valence-corrected chi connectivity index (χ2v) is 2.28. The van der Waals surface area contributed by atoms with Gasteiger partial charge in [0, 0.05) is 6.61 Å². The largest absolute Gasteiger partial charge is 0.396 e. The maximum atomic E-state index is 8.54. The van der Waals surface area contributed by atoms with Crippen molar-refractivity contribution in [3.05, 3.63) is 6.92 Å². The third-order valence-electron chi connectivity index (χ3n) is 1.26. The first kappa shape index (κ1) is 7.96. The minimum Gasteiger partial charge on any atom is -0.396 e. The number of aliphatic hydroxyl groups is 1. The quantitative estimate of drug-likeness (QED) is 0.590. The van der Waals surface area contributed by atoms with E-state index in [0.29, 0.717) is 12.5 Å². The number of hydrogen-bond acceptors (Lipinski definition) is 1. The van der Waals surface area contributed by atoms with Gasteiger partial charge >= 0.3 is 0 Å². The third kappa shape index (κ3) is 4.13. The molecule has 1 unspecified atom stereocenters. The van der Waals surface area contributed by atoms with E-state index in [1.165, 1.54) is 0 Å². The van der Waals surface area contributed by atoms with Crippen molar-refractivity contribution in [1.82, 2.24) is 0 Å². The summed E-state index contributed by atoms with van der Waals surface area (Å²) in [4.78, 5) is 0. The molecule has 1 nitrogen and oxygen atoms in total. The van der Waals surface area contributed by atoms with Crippen molar-refractivity contribution >= 4 is 0 Å². The van der Waals surface area contributed by atoms with Crippen LogP contribution in [0.1, 0.15) is 26.2 Å². The van der Waals surface area contributed by atoms with E-state index in [4.69, 9.17) is 5.11 Å². The Morgan fingerprint density at radius 2 is 2.25 bits per heavy atom. The Morgan fingerprint density at radius 3 is 2.62 bits per heavy atom. The van der Waals surface area contributed by atoms with E-state index in [1.54, 1.807) is 0 Å². The number of rotatable bonds is 4. The SMILES string of the molecule is [CH2]CCCC(C)CO. The highest BCUT2D eigenvalue weighted by Crippen LogP contribution is 2.04. The van der Waals surface area contributed by atoms with Crippen LogP contribution in [0.25, 0.3) is 0 Å². The molecule has 49 valence electrons. The van der Waals surface area contributed by atoms with E-state index >= 15 is 0 Å². The first-order chi connectivity index (χ1) is 3.81. The van der Waals surface area contributed by atoms with Crippen molar-refractivity contribution < 1.29 is 5.11 Å². The molecule has 0 bridgehead atoms. The smallest absolute Gasteiger partial charge is 0.0456 e. The van der Waals surface area contributed by atoms with Gasteiger partial charge in [0.2, 0.25) is 0 Å². The van der Waals surface area contributed by atoms with Gasteiger partial charge in [-0.25, -0.2) is 0 Å². The third-order valence-corrected chi connectivity index (χ3v) is 1.26. The fourth-order valence-corrected chi connectivity index (χ4v) is 0.584. The Bertz CT molecular complexity index is 43.7. The highest BCUT2D eigenvalue weighted by atomic mass is 16.3. The Kier molecular flexibility index (Phi) is 5.08. The monoisotopic (exact) mass is 115 g/mol. The van der Waals surface area contributed by atoms with Gasteiger partial charge in [-0.3, -0.25) is 0 Å². The summed E-state index contributed by atoms with van der Waals surface area (Å²) in [5.41, 5.74) is 0. The number of aliphatic hydroxyl groups excluding tert-OH is 1. The first-order valence-electron chi connectivity index (χ1n) is 3.21. The molecule has 0 aromatic heterocycles. The van der Waals surface area contributed by atoms with Crippen LogP contribution in [0.2, 0.25) is 0 Å². The highest BCUT2D eigenvalue weighted by molar-refractivity contribution is 4.50. The lowest BCUT2D eigenvalue weighted by Crippen LogP contribution is -1.99. The van der Waals surface area contributed by atoms with Crippen LogP contribution in [0, 0.1) is 12.8 Å². The van der Waals surface area contributed by atoms with Crippen LogP contribution in [0.4, 0.5) is 0 Å². The van der Waals surface area contributed by atoms with E-state index in [9.17, 15) is 0 Å². The molecule has 0 saturated heterocycles. The summed E-state index contributed by atoms with van der Waals surface area (Å²) in [6, 6.07) is 0. The summed E-state index contributed by atoms with van der Waals surface area (Å²) in [5, 5.41) is 8.54. The van der Waals surface area contributed by atoms with Gasteiger partial charge in [-0.15, -0.1) is 0 Å². The zero-order valence-corrected chi connectivity index (χ0v) is 5.56. The molecule has 1 atom stereocenters. The molecule has 0 aromatic carbocycles. The Balaban J connectivity index is 2.86. The second kappa shape index (κ2) is 5.10. The maximum absolute atomic E-state index is 8.54. The molecule has 1 N–H and O–H groups in total. The molecule has 0 heterocycles. The van der Waals surface area contributed by atoms with Crippen molar-refractivity contribution in [2.45, 2.75) is 26.2 Å². The molecule has 0 fully saturated rings. The predicted molar refractivity (Wildman–Crippen MR) is 35.5 cm³/mol. The minimum absolute atomic E-state index is 0.319. The Labute approximate surface area is 51.7 Å². The molecule has 8 heavy (non-hydrogen) atoms. The minimum atomic E-state index is 0.319. The van der Waals surface area contributed by atoms with Crippen molar-refractivity contribution in [3.63, 3.8) is 0 Å². The molecular weight excluding hydrogens is 100 g/mol. The van der Waals surface area contributed by atoms with Crippen molar-refractivity contribution in [2.75, 3.05) is 6.61 Å². The average Bonchev–Trinajstić information content (AvgIpc) is 1.83. The van der Waals surface area contributed by atoms with E-state index in [1.807, 2.05) is 0 Å². The van der Waals surface area contributed by atoms with Crippen LogP contribution in [-0.2, 0) is 0 Å². The van der Waals surface area contributed by atoms with E-state index in [2.05, 4.69) is 13.8 Å². The topological polar surface area (TPSA) is 20.2 Å². The average molecular weight is 115 g/mol. The van der Waals surface area contributed by atoms with Gasteiger partial charge in [-0.2, -0.15) is 0 Å². The van der Waals surface area contributed by atoms with Crippen molar-refractivity contribution in [2.24, 2.45) is 5.92 Å². The number of hydrogen-bond donors (Lipinski definition) is 1. The molecule has 1 heteroatoms. The molecule has 0 rings (SSSR count). The summed E-state index contributed by atoms with van der Waals surface area (Å²) in [5.74, 6) is 0.469. The van der Waals surface area contributed by atoms with Gasteiger partial charge in [-0.1, -0.05) is 26.7 Å². The van der Waals surface area contributed by atoms with E-state index < -0.39 is 0 Å². The van der Waals surface area contributed by atoms with Crippen molar-refractivity contribution in [3.8, 4) is 0 Å². The molecule has 0 aliphatic heterocycles. The standard InChI is InChI=1S/C7H15O/c1-3-4-5-7(2)6-8/h7-8H,1,3-6H2,2H3. The normalized spacial score (nSPS) is 13.9. The van der Waals surface area contributed by atoms with Gasteiger partial charge in [0.15, 0.2) is 0 Å². The molecule has 0 amide bonds. The molecule has 0 aliphatic carbocycles. The summed E-state index contributed by atoms with van der Waals surface area (Å²) in [6.07, 6.45) is 3.24. The maximum Gasteiger partial charge on any atom is 0.0456 e. The summed E-state index contributed by atoms with van der Waals surface area (Å²) in [6.45, 7) is 6.08. The van der Waals surface area contributed by atoms with Crippen LogP contribution in [0.5, 0.6) is 0 Å². The predicted octanol–water partition coefficient (Wildman–Crippen LogP) is 1.62. The van der Waals surface area contributed by atoms with Crippen LogP contribution in [0.15, 0.2) is 0 Å². The molecule has 0 aliphatic rings. The second-order valence-electron chi connectivity index (χ2n) is 2.28. The van der Waals surface area contributed by atoms with Gasteiger partial charge in [0.05, 0.1) is 0 Å². The first-order valence-corrected chi connectivity index (χ1v) is 3.21. The fraction of sp³-hybridized carbons (Fsp3) is 0.857. The van der Waals surface area contributed by atoms with E-state index in [-0.39, 0.29) is 0 Å². The molecule has 0 spiro atoms. The van der Waals surface area contributed by atoms with Crippen molar-refractivity contribution in [1.29, 1.82) is 0 Å². The lowest BCUT2D eigenvalue weighted by atomic mass is 10.1. The molecule has 0 aromatic rings. The molecule has 1 radical (unpaired) electrons. The summed E-state index contributed by atoms with van der Waals surface area (Å²) >= 11 is 0. The van der Waals surface area contributed by atoms with Gasteiger partial charge in [0.25, 0.3) is 0 Å². The van der Waals surface area contributed by atoms with Gasteiger partial charge in [0.1, 0.15) is 0 Å². The zero-order valence-electron chi connectivity index (χ0n) is 5.56. The lowest BCUT2D eigenvalue weighted by molar-refractivity contribution is 0.228.